The van der Waals surface area contributed by atoms with Gasteiger partial charge in [0.15, 0.2) is 0 Å². The molecule has 0 radical (unpaired) electrons. The Balaban J connectivity index is 1.97. The molecule has 1 aliphatic rings. The van der Waals surface area contributed by atoms with Gasteiger partial charge in [0, 0.05) is 24.9 Å². The Kier molecular flexibility index (Phi) is 3.73. The van der Waals surface area contributed by atoms with Crippen LogP contribution in [0.2, 0.25) is 0 Å². The summed E-state index contributed by atoms with van der Waals surface area (Å²) in [5.74, 6) is 0.409. The average molecular weight is 217 g/mol. The second kappa shape index (κ2) is 5.26. The molecule has 1 aromatic carbocycles. The maximum atomic E-state index is 11.6. The summed E-state index contributed by atoms with van der Waals surface area (Å²) in [6, 6.07) is 11.1. The molecule has 86 valence electrons. The molecule has 2 atom stereocenters. The Morgan fingerprint density at radius 2 is 1.88 bits per heavy atom. The van der Waals surface area contributed by atoms with Gasteiger partial charge in [-0.2, -0.15) is 0 Å². The first-order valence-corrected chi connectivity index (χ1v) is 6.09. The third-order valence-corrected chi connectivity index (χ3v) is 3.24. The molecule has 0 spiro atoms. The number of piperidine rings is 1. The summed E-state index contributed by atoms with van der Waals surface area (Å²) < 4.78 is 0. The van der Waals surface area contributed by atoms with Crippen LogP contribution in [0, 0.1) is 0 Å². The van der Waals surface area contributed by atoms with Crippen LogP contribution >= 0.6 is 0 Å². The number of nitrogens with one attached hydrogen (secondary N) is 1. The number of benzene rings is 1. The number of hydrogen-bond acceptors (Lipinski definition) is 2. The zero-order chi connectivity index (χ0) is 11.4. The zero-order valence-electron chi connectivity index (χ0n) is 9.78. The summed E-state index contributed by atoms with van der Waals surface area (Å²) >= 11 is 0. The molecule has 1 fully saturated rings. The highest BCUT2D eigenvalue weighted by Gasteiger charge is 2.25. The summed E-state index contributed by atoms with van der Waals surface area (Å²) in [5, 5.41) is 3.56. The quantitative estimate of drug-likeness (QED) is 0.842. The van der Waals surface area contributed by atoms with Crippen molar-refractivity contribution in [1.29, 1.82) is 0 Å². The van der Waals surface area contributed by atoms with Crippen LogP contribution in [0.3, 0.4) is 0 Å². The van der Waals surface area contributed by atoms with Crippen molar-refractivity contribution in [2.45, 2.75) is 44.7 Å². The van der Waals surface area contributed by atoms with Crippen LogP contribution in [-0.2, 0) is 11.2 Å². The van der Waals surface area contributed by atoms with Crippen molar-refractivity contribution in [3.8, 4) is 0 Å². The van der Waals surface area contributed by atoms with E-state index in [1.165, 1.54) is 5.56 Å². The highest BCUT2D eigenvalue weighted by atomic mass is 16.1. The van der Waals surface area contributed by atoms with Gasteiger partial charge in [-0.3, -0.25) is 4.79 Å². The van der Waals surface area contributed by atoms with Gasteiger partial charge in [-0.1, -0.05) is 37.3 Å². The predicted octanol–water partition coefficient (Wildman–Crippen LogP) is 2.33. The molecule has 0 aromatic heterocycles. The van der Waals surface area contributed by atoms with Crippen molar-refractivity contribution in [3.63, 3.8) is 0 Å². The molecule has 1 aliphatic heterocycles. The van der Waals surface area contributed by atoms with E-state index >= 15 is 0 Å². The monoisotopic (exact) mass is 217 g/mol. The lowest BCUT2D eigenvalue weighted by atomic mass is 9.92. The topological polar surface area (TPSA) is 29.1 Å². The lowest BCUT2D eigenvalue weighted by molar-refractivity contribution is -0.121. The zero-order valence-corrected chi connectivity index (χ0v) is 9.78. The normalized spacial score (nSPS) is 25.7. The molecule has 2 nitrogen and oxygen atoms in total. The fourth-order valence-corrected chi connectivity index (χ4v) is 2.38. The second-order valence-corrected chi connectivity index (χ2v) is 4.61. The van der Waals surface area contributed by atoms with Gasteiger partial charge in [-0.05, 0) is 18.4 Å². The number of Topliss-reactive ketones (excluding diaryl/α,β-unsaturated/α-hetero) is 1. The van der Waals surface area contributed by atoms with E-state index in [4.69, 9.17) is 0 Å². The molecular formula is C14H19NO. The fraction of sp³-hybridized carbons (Fsp3) is 0.500. The summed E-state index contributed by atoms with van der Waals surface area (Å²) in [6.45, 7) is 2.13. The van der Waals surface area contributed by atoms with E-state index < -0.39 is 0 Å². The van der Waals surface area contributed by atoms with Gasteiger partial charge in [-0.15, -0.1) is 0 Å². The number of carbonyl (C=O) groups is 1. The predicted molar refractivity (Wildman–Crippen MR) is 65.4 cm³/mol. The highest BCUT2D eigenvalue weighted by Crippen LogP contribution is 2.15. The first-order chi connectivity index (χ1) is 7.78. The van der Waals surface area contributed by atoms with Gasteiger partial charge >= 0.3 is 0 Å². The van der Waals surface area contributed by atoms with Crippen LogP contribution < -0.4 is 5.32 Å². The summed E-state index contributed by atoms with van der Waals surface area (Å²) in [4.78, 5) is 11.6. The number of rotatable bonds is 3. The van der Waals surface area contributed by atoms with Crippen LogP contribution in [0.5, 0.6) is 0 Å². The summed E-state index contributed by atoms with van der Waals surface area (Å²) in [6.07, 6.45) is 3.40. The largest absolute Gasteiger partial charge is 0.310 e. The SMILES string of the molecule is CC[C@@H]1CC(=O)C[C@H](Cc2ccccc2)N1. The molecule has 2 rings (SSSR count). The van der Waals surface area contributed by atoms with Crippen molar-refractivity contribution in [3.05, 3.63) is 35.9 Å². The van der Waals surface area contributed by atoms with Crippen molar-refractivity contribution in [1.82, 2.24) is 5.32 Å². The Hall–Kier alpha value is -1.15. The minimum atomic E-state index is 0.327. The molecule has 0 amide bonds. The Bertz CT molecular complexity index is 347. The van der Waals surface area contributed by atoms with Gasteiger partial charge in [0.25, 0.3) is 0 Å². The maximum absolute atomic E-state index is 11.6. The van der Waals surface area contributed by atoms with Crippen molar-refractivity contribution in [2.24, 2.45) is 0 Å². The molecule has 0 bridgehead atoms. The van der Waals surface area contributed by atoms with Crippen molar-refractivity contribution < 1.29 is 4.79 Å². The molecular weight excluding hydrogens is 198 g/mol. The standard InChI is InChI=1S/C14H19NO/c1-2-12-9-14(16)10-13(15-12)8-11-6-4-3-5-7-11/h3-7,12-13,15H,2,8-10H2,1H3/t12-,13+/m1/s1. The van der Waals surface area contributed by atoms with Gasteiger partial charge < -0.3 is 5.32 Å². The molecule has 0 saturated carbocycles. The first kappa shape index (κ1) is 11.3. The maximum Gasteiger partial charge on any atom is 0.136 e. The molecule has 0 aliphatic carbocycles. The van der Waals surface area contributed by atoms with E-state index in [-0.39, 0.29) is 0 Å². The van der Waals surface area contributed by atoms with E-state index in [0.29, 0.717) is 30.7 Å². The second-order valence-electron chi connectivity index (χ2n) is 4.61. The van der Waals surface area contributed by atoms with Crippen LogP contribution in [0.25, 0.3) is 0 Å². The minimum Gasteiger partial charge on any atom is -0.310 e. The van der Waals surface area contributed by atoms with Crippen molar-refractivity contribution in [2.75, 3.05) is 0 Å². The lowest BCUT2D eigenvalue weighted by Crippen LogP contribution is -2.46. The van der Waals surface area contributed by atoms with Crippen LogP contribution in [-0.4, -0.2) is 17.9 Å². The van der Waals surface area contributed by atoms with Gasteiger partial charge in [0.1, 0.15) is 5.78 Å². The molecule has 1 heterocycles. The number of carbonyl (C=O) groups excluding carboxylic acids is 1. The third kappa shape index (κ3) is 2.92. The fourth-order valence-electron chi connectivity index (χ4n) is 2.38. The molecule has 16 heavy (non-hydrogen) atoms. The molecule has 2 heteroatoms. The Morgan fingerprint density at radius 1 is 1.19 bits per heavy atom. The number of ketones is 1. The van der Waals surface area contributed by atoms with E-state index in [2.05, 4.69) is 36.5 Å². The van der Waals surface area contributed by atoms with Crippen LogP contribution in [0.15, 0.2) is 30.3 Å². The Labute approximate surface area is 97.1 Å². The van der Waals surface area contributed by atoms with Crippen molar-refractivity contribution >= 4 is 5.78 Å². The lowest BCUT2D eigenvalue weighted by Gasteiger charge is -2.29. The number of hydrogen-bond donors (Lipinski definition) is 1. The highest BCUT2D eigenvalue weighted by molar-refractivity contribution is 5.80. The van der Waals surface area contributed by atoms with Gasteiger partial charge in [0.2, 0.25) is 0 Å². The minimum absolute atomic E-state index is 0.327. The molecule has 1 saturated heterocycles. The van der Waals surface area contributed by atoms with E-state index in [1.807, 2.05) is 6.07 Å². The smallest absolute Gasteiger partial charge is 0.136 e. The molecule has 0 unspecified atom stereocenters. The van der Waals surface area contributed by atoms with Crippen LogP contribution in [0.1, 0.15) is 31.7 Å². The summed E-state index contributed by atoms with van der Waals surface area (Å²) in [5.41, 5.74) is 1.31. The Morgan fingerprint density at radius 3 is 2.56 bits per heavy atom. The van der Waals surface area contributed by atoms with E-state index in [9.17, 15) is 4.79 Å². The summed E-state index contributed by atoms with van der Waals surface area (Å²) in [7, 11) is 0. The van der Waals surface area contributed by atoms with Gasteiger partial charge in [-0.25, -0.2) is 0 Å². The molecule has 1 aromatic rings. The van der Waals surface area contributed by atoms with E-state index in [1.54, 1.807) is 0 Å². The first-order valence-electron chi connectivity index (χ1n) is 6.09. The molecule has 1 N–H and O–H groups in total. The van der Waals surface area contributed by atoms with E-state index in [0.717, 1.165) is 12.8 Å². The average Bonchev–Trinajstić information content (AvgIpc) is 2.29. The van der Waals surface area contributed by atoms with Gasteiger partial charge in [0.05, 0.1) is 0 Å². The van der Waals surface area contributed by atoms with Crippen LogP contribution in [0.4, 0.5) is 0 Å². The third-order valence-electron chi connectivity index (χ3n) is 3.24.